The average molecular weight is 224 g/mol. The van der Waals surface area contributed by atoms with Gasteiger partial charge in [0, 0.05) is 12.6 Å². The van der Waals surface area contributed by atoms with Crippen LogP contribution >= 0.6 is 0 Å². The lowest BCUT2D eigenvalue weighted by molar-refractivity contribution is -0.125. The molecule has 1 aliphatic carbocycles. The van der Waals surface area contributed by atoms with E-state index in [2.05, 4.69) is 24.5 Å². The number of carbonyl (C=O) groups is 1. The van der Waals surface area contributed by atoms with Gasteiger partial charge in [-0.25, -0.2) is 0 Å². The summed E-state index contributed by atoms with van der Waals surface area (Å²) >= 11 is 0. The van der Waals surface area contributed by atoms with Crippen LogP contribution in [0.1, 0.15) is 39.5 Å². The molecule has 16 heavy (non-hydrogen) atoms. The molecule has 92 valence electrons. The molecule has 2 fully saturated rings. The predicted octanol–water partition coefficient (Wildman–Crippen LogP) is 1.54. The molecular formula is C13H24N2O. The Bertz CT molecular complexity index is 248. The van der Waals surface area contributed by atoms with Gasteiger partial charge in [0.1, 0.15) is 0 Å². The first-order valence-electron chi connectivity index (χ1n) is 6.68. The molecule has 0 radical (unpaired) electrons. The number of hydrogen-bond acceptors (Lipinski definition) is 2. The quantitative estimate of drug-likeness (QED) is 0.747. The van der Waals surface area contributed by atoms with Crippen LogP contribution in [0.25, 0.3) is 0 Å². The fourth-order valence-corrected chi connectivity index (χ4v) is 2.88. The molecule has 3 nitrogen and oxygen atoms in total. The smallest absolute Gasteiger partial charge is 0.224 e. The first-order valence-corrected chi connectivity index (χ1v) is 6.68. The van der Waals surface area contributed by atoms with Gasteiger partial charge in [-0.3, -0.25) is 4.79 Å². The fraction of sp³-hybridized carbons (Fsp3) is 0.923. The van der Waals surface area contributed by atoms with Gasteiger partial charge in [0.05, 0.1) is 5.92 Å². The summed E-state index contributed by atoms with van der Waals surface area (Å²) in [6, 6.07) is 0.430. The van der Waals surface area contributed by atoms with Crippen molar-refractivity contribution in [3.05, 3.63) is 0 Å². The van der Waals surface area contributed by atoms with E-state index in [4.69, 9.17) is 0 Å². The van der Waals surface area contributed by atoms with Crippen LogP contribution in [0.5, 0.6) is 0 Å². The molecule has 1 aliphatic heterocycles. The largest absolute Gasteiger partial charge is 0.353 e. The Morgan fingerprint density at radius 3 is 2.62 bits per heavy atom. The number of amides is 1. The van der Waals surface area contributed by atoms with E-state index in [-0.39, 0.29) is 11.8 Å². The molecule has 2 rings (SSSR count). The average Bonchev–Trinajstić information content (AvgIpc) is 2.77. The molecule has 2 N–H and O–H groups in total. The van der Waals surface area contributed by atoms with E-state index >= 15 is 0 Å². The standard InChI is InChI=1S/C13H24N2O/c1-9-3-4-12(7-10(9)2)15-13(16)11-5-6-14-8-11/h9-12,14H,3-8H2,1-2H3,(H,15,16). The van der Waals surface area contributed by atoms with Gasteiger partial charge < -0.3 is 10.6 Å². The molecule has 4 atom stereocenters. The SMILES string of the molecule is CC1CCC(NC(=O)C2CCNC2)CC1C. The Morgan fingerprint density at radius 1 is 1.19 bits per heavy atom. The summed E-state index contributed by atoms with van der Waals surface area (Å²) in [6.45, 7) is 6.49. The van der Waals surface area contributed by atoms with Gasteiger partial charge in [-0.15, -0.1) is 0 Å². The zero-order chi connectivity index (χ0) is 11.5. The summed E-state index contributed by atoms with van der Waals surface area (Å²) in [5.41, 5.74) is 0. The highest BCUT2D eigenvalue weighted by atomic mass is 16.2. The summed E-state index contributed by atoms with van der Waals surface area (Å²) in [5, 5.41) is 6.48. The highest BCUT2D eigenvalue weighted by Gasteiger charge is 2.28. The third-order valence-electron chi connectivity index (χ3n) is 4.38. The van der Waals surface area contributed by atoms with Crippen LogP contribution in [0.2, 0.25) is 0 Å². The zero-order valence-electron chi connectivity index (χ0n) is 10.5. The van der Waals surface area contributed by atoms with Crippen molar-refractivity contribution in [3.8, 4) is 0 Å². The Labute approximate surface area is 98.4 Å². The summed E-state index contributed by atoms with van der Waals surface area (Å²) < 4.78 is 0. The Kier molecular flexibility index (Phi) is 3.85. The van der Waals surface area contributed by atoms with Gasteiger partial charge >= 0.3 is 0 Å². The molecule has 2 aliphatic rings. The predicted molar refractivity (Wildman–Crippen MR) is 65.1 cm³/mol. The Morgan fingerprint density at radius 2 is 2.00 bits per heavy atom. The van der Waals surface area contributed by atoms with Gasteiger partial charge in [0.25, 0.3) is 0 Å². The molecule has 0 aromatic heterocycles. The third-order valence-corrected chi connectivity index (χ3v) is 4.38. The van der Waals surface area contributed by atoms with Crippen molar-refractivity contribution in [2.45, 2.75) is 45.6 Å². The van der Waals surface area contributed by atoms with E-state index in [1.54, 1.807) is 0 Å². The van der Waals surface area contributed by atoms with Crippen LogP contribution in [-0.2, 0) is 4.79 Å². The van der Waals surface area contributed by atoms with Gasteiger partial charge in [-0.2, -0.15) is 0 Å². The molecule has 0 aromatic carbocycles. The minimum atomic E-state index is 0.217. The summed E-state index contributed by atoms with van der Waals surface area (Å²) in [6.07, 6.45) is 4.59. The van der Waals surface area contributed by atoms with Crippen LogP contribution in [0.3, 0.4) is 0 Å². The van der Waals surface area contributed by atoms with Crippen LogP contribution in [0.4, 0.5) is 0 Å². The second-order valence-corrected chi connectivity index (χ2v) is 5.66. The molecule has 1 amide bonds. The molecule has 1 saturated heterocycles. The van der Waals surface area contributed by atoms with E-state index in [0.29, 0.717) is 6.04 Å². The second kappa shape index (κ2) is 5.17. The Balaban J connectivity index is 1.78. The number of hydrogen-bond donors (Lipinski definition) is 2. The monoisotopic (exact) mass is 224 g/mol. The molecular weight excluding hydrogens is 200 g/mol. The van der Waals surface area contributed by atoms with Gasteiger partial charge in [-0.1, -0.05) is 13.8 Å². The maximum atomic E-state index is 12.0. The van der Waals surface area contributed by atoms with Gasteiger partial charge in [0.15, 0.2) is 0 Å². The molecule has 4 unspecified atom stereocenters. The molecule has 1 heterocycles. The zero-order valence-corrected chi connectivity index (χ0v) is 10.5. The van der Waals surface area contributed by atoms with Crippen molar-refractivity contribution in [1.29, 1.82) is 0 Å². The van der Waals surface area contributed by atoms with Crippen LogP contribution in [-0.4, -0.2) is 25.0 Å². The van der Waals surface area contributed by atoms with E-state index in [1.165, 1.54) is 6.42 Å². The molecule has 3 heteroatoms. The number of carbonyl (C=O) groups excluding carboxylic acids is 1. The topological polar surface area (TPSA) is 41.1 Å². The molecule has 0 spiro atoms. The summed E-state index contributed by atoms with van der Waals surface area (Å²) in [5.74, 6) is 2.06. The number of nitrogens with one attached hydrogen (secondary N) is 2. The lowest BCUT2D eigenvalue weighted by Gasteiger charge is -2.33. The van der Waals surface area contributed by atoms with Gasteiger partial charge in [0.2, 0.25) is 5.91 Å². The lowest BCUT2D eigenvalue weighted by atomic mass is 9.79. The van der Waals surface area contributed by atoms with E-state index in [9.17, 15) is 4.79 Å². The summed E-state index contributed by atoms with van der Waals surface area (Å²) in [7, 11) is 0. The maximum Gasteiger partial charge on any atom is 0.224 e. The van der Waals surface area contributed by atoms with Crippen molar-refractivity contribution in [3.63, 3.8) is 0 Å². The van der Waals surface area contributed by atoms with Crippen LogP contribution in [0.15, 0.2) is 0 Å². The van der Waals surface area contributed by atoms with E-state index in [1.807, 2.05) is 0 Å². The summed E-state index contributed by atoms with van der Waals surface area (Å²) in [4.78, 5) is 12.0. The van der Waals surface area contributed by atoms with E-state index in [0.717, 1.165) is 44.2 Å². The minimum Gasteiger partial charge on any atom is -0.353 e. The molecule has 1 saturated carbocycles. The number of rotatable bonds is 2. The van der Waals surface area contributed by atoms with Crippen molar-refractivity contribution in [2.24, 2.45) is 17.8 Å². The third kappa shape index (κ3) is 2.76. The van der Waals surface area contributed by atoms with Crippen molar-refractivity contribution >= 4 is 5.91 Å². The fourth-order valence-electron chi connectivity index (χ4n) is 2.88. The highest BCUT2D eigenvalue weighted by Crippen LogP contribution is 2.29. The Hall–Kier alpha value is -0.570. The minimum absolute atomic E-state index is 0.217. The van der Waals surface area contributed by atoms with Crippen LogP contribution in [0, 0.1) is 17.8 Å². The lowest BCUT2D eigenvalue weighted by Crippen LogP contribution is -2.43. The first kappa shape index (κ1) is 11.9. The second-order valence-electron chi connectivity index (χ2n) is 5.66. The first-order chi connectivity index (χ1) is 7.66. The van der Waals surface area contributed by atoms with Crippen molar-refractivity contribution in [1.82, 2.24) is 10.6 Å². The molecule has 0 bridgehead atoms. The normalized spacial score (nSPS) is 39.6. The molecule has 0 aromatic rings. The maximum absolute atomic E-state index is 12.0. The van der Waals surface area contributed by atoms with E-state index < -0.39 is 0 Å². The van der Waals surface area contributed by atoms with Crippen molar-refractivity contribution < 1.29 is 4.79 Å². The highest BCUT2D eigenvalue weighted by molar-refractivity contribution is 5.79. The van der Waals surface area contributed by atoms with Crippen molar-refractivity contribution in [2.75, 3.05) is 13.1 Å². The van der Waals surface area contributed by atoms with Gasteiger partial charge in [-0.05, 0) is 44.1 Å². The van der Waals surface area contributed by atoms with Crippen LogP contribution < -0.4 is 10.6 Å².